The van der Waals surface area contributed by atoms with Crippen molar-refractivity contribution < 1.29 is 18.7 Å². The molecular weight excluding hydrogens is 536 g/mol. The summed E-state index contributed by atoms with van der Waals surface area (Å²) in [5.74, 6) is 0.646. The van der Waals surface area contributed by atoms with E-state index in [-0.39, 0.29) is 12.2 Å². The summed E-state index contributed by atoms with van der Waals surface area (Å²) in [5.41, 5.74) is 1.44. The first kappa shape index (κ1) is 26.6. The molecule has 0 unspecified atom stereocenters. The quantitative estimate of drug-likeness (QED) is 0.221. The van der Waals surface area contributed by atoms with E-state index in [0.29, 0.717) is 48.8 Å². The van der Waals surface area contributed by atoms with E-state index in [0.717, 1.165) is 12.0 Å². The summed E-state index contributed by atoms with van der Waals surface area (Å²) in [6.07, 6.45) is 6.36. The van der Waals surface area contributed by atoms with Crippen molar-refractivity contribution in [2.24, 2.45) is 4.99 Å². The van der Waals surface area contributed by atoms with Crippen LogP contribution in [-0.4, -0.2) is 34.2 Å². The van der Waals surface area contributed by atoms with E-state index in [1.807, 2.05) is 31.2 Å². The molecule has 4 aromatic rings. The van der Waals surface area contributed by atoms with Crippen molar-refractivity contribution in [3.8, 4) is 5.75 Å². The van der Waals surface area contributed by atoms with Gasteiger partial charge in [0.15, 0.2) is 15.1 Å². The number of carbonyl (C=O) groups is 1. The van der Waals surface area contributed by atoms with E-state index in [1.54, 1.807) is 55.3 Å². The highest BCUT2D eigenvalue weighted by Crippen LogP contribution is 2.34. The lowest BCUT2D eigenvalue weighted by atomic mass is 9.94. The van der Waals surface area contributed by atoms with Gasteiger partial charge in [0.1, 0.15) is 11.5 Å². The third-order valence-electron chi connectivity index (χ3n) is 5.91. The second-order valence-corrected chi connectivity index (χ2v) is 10.5. The smallest absolute Gasteiger partial charge is 0.338 e. The Morgan fingerprint density at radius 3 is 2.74 bits per heavy atom. The van der Waals surface area contributed by atoms with Gasteiger partial charge in [0.05, 0.1) is 35.6 Å². The number of rotatable bonds is 9. The van der Waals surface area contributed by atoms with Gasteiger partial charge in [0, 0.05) is 18.5 Å². The van der Waals surface area contributed by atoms with Crippen molar-refractivity contribution in [3.63, 3.8) is 0 Å². The summed E-state index contributed by atoms with van der Waals surface area (Å²) in [4.78, 5) is 40.8. The lowest BCUT2D eigenvalue weighted by Gasteiger charge is -2.26. The first-order valence-electron chi connectivity index (χ1n) is 12.4. The number of nitrogens with zero attached hydrogens (tertiary/aromatic N) is 4. The minimum absolute atomic E-state index is 0.212. The number of ether oxygens (including phenoxy) is 2. The van der Waals surface area contributed by atoms with Crippen molar-refractivity contribution >= 4 is 35.1 Å². The zero-order valence-corrected chi connectivity index (χ0v) is 23.3. The summed E-state index contributed by atoms with van der Waals surface area (Å²) in [7, 11) is 1.58. The zero-order chi connectivity index (χ0) is 27.4. The Hall–Kier alpha value is -3.96. The molecule has 1 aliphatic heterocycles. The third kappa shape index (κ3) is 5.59. The van der Waals surface area contributed by atoms with E-state index in [2.05, 4.69) is 9.97 Å². The van der Waals surface area contributed by atoms with Gasteiger partial charge in [-0.05, 0) is 61.0 Å². The number of allylic oxidation sites excluding steroid dienone is 1. The number of aromatic nitrogens is 3. The standard InChI is InChI=1S/C28H26N4O5S2/c1-4-8-20-23(26(34)36-5-2)24(17-9-6-10-18(15-17)35-3)32-25(33)21(38-28(32)31-20)16-19-11-12-22(37-19)39-27-29-13-7-14-30-27/h6-7,9-16,24H,4-5,8H2,1-3H3/b21-16+/t24-/m0/s1. The van der Waals surface area contributed by atoms with Gasteiger partial charge in [0.2, 0.25) is 0 Å². The molecule has 11 heteroatoms. The topological polar surface area (TPSA) is 109 Å². The van der Waals surface area contributed by atoms with Crippen LogP contribution in [0.1, 0.15) is 44.1 Å². The molecule has 0 bridgehead atoms. The molecule has 0 aliphatic carbocycles. The maximum absolute atomic E-state index is 13.9. The zero-order valence-electron chi connectivity index (χ0n) is 21.6. The molecule has 0 N–H and O–H groups in total. The molecule has 0 amide bonds. The van der Waals surface area contributed by atoms with E-state index >= 15 is 0 Å². The number of benzene rings is 1. The van der Waals surface area contributed by atoms with E-state index in [9.17, 15) is 9.59 Å². The van der Waals surface area contributed by atoms with Crippen LogP contribution in [0.5, 0.6) is 5.75 Å². The number of carbonyl (C=O) groups excluding carboxylic acids is 1. The molecule has 0 fully saturated rings. The Morgan fingerprint density at radius 1 is 1.18 bits per heavy atom. The van der Waals surface area contributed by atoms with Gasteiger partial charge < -0.3 is 13.9 Å². The van der Waals surface area contributed by atoms with Gasteiger partial charge in [-0.15, -0.1) is 0 Å². The molecule has 4 heterocycles. The van der Waals surface area contributed by atoms with E-state index < -0.39 is 12.0 Å². The first-order valence-corrected chi connectivity index (χ1v) is 14.1. The number of methoxy groups -OCH3 is 1. The van der Waals surface area contributed by atoms with Gasteiger partial charge >= 0.3 is 5.97 Å². The van der Waals surface area contributed by atoms with Gasteiger partial charge in [-0.25, -0.2) is 19.8 Å². The van der Waals surface area contributed by atoms with Crippen molar-refractivity contribution in [3.05, 3.63) is 97.1 Å². The fourth-order valence-electron chi connectivity index (χ4n) is 4.27. The number of thiazole rings is 1. The lowest BCUT2D eigenvalue weighted by molar-refractivity contribution is -0.139. The Morgan fingerprint density at radius 2 is 2.00 bits per heavy atom. The Labute approximate surface area is 232 Å². The van der Waals surface area contributed by atoms with Crippen molar-refractivity contribution in [1.29, 1.82) is 0 Å². The molecule has 9 nitrogen and oxygen atoms in total. The average molecular weight is 563 g/mol. The summed E-state index contributed by atoms with van der Waals surface area (Å²) in [6.45, 7) is 3.99. The number of fused-ring (bicyclic) bond motifs is 1. The minimum atomic E-state index is -0.711. The Kier molecular flexibility index (Phi) is 8.08. The second kappa shape index (κ2) is 11.8. The summed E-state index contributed by atoms with van der Waals surface area (Å²) < 4.78 is 18.8. The SMILES string of the molecule is CCCC1=C(C(=O)OCC)[C@H](c2cccc(OC)c2)n2c(s/c(=C/c3ccc(Sc4ncccn4)o3)c2=O)=N1. The molecular formula is C28H26N4O5S2. The first-order chi connectivity index (χ1) is 19.0. The molecule has 5 rings (SSSR count). The largest absolute Gasteiger partial charge is 0.497 e. The number of esters is 1. The van der Waals surface area contributed by atoms with Gasteiger partial charge in [0.25, 0.3) is 5.56 Å². The summed E-state index contributed by atoms with van der Waals surface area (Å²) in [6, 6.07) is 12.0. The molecule has 0 radical (unpaired) electrons. The number of hydrogen-bond acceptors (Lipinski definition) is 10. The average Bonchev–Trinajstić information content (AvgIpc) is 3.52. The lowest BCUT2D eigenvalue weighted by Crippen LogP contribution is -2.40. The van der Waals surface area contributed by atoms with Crippen LogP contribution in [0.2, 0.25) is 0 Å². The second-order valence-electron chi connectivity index (χ2n) is 8.48. The summed E-state index contributed by atoms with van der Waals surface area (Å²) in [5, 5.41) is 1.16. The van der Waals surface area contributed by atoms with Crippen LogP contribution < -0.4 is 19.6 Å². The van der Waals surface area contributed by atoms with Crippen LogP contribution in [0.4, 0.5) is 0 Å². The maximum atomic E-state index is 13.9. The van der Waals surface area contributed by atoms with Crippen molar-refractivity contribution in [1.82, 2.24) is 14.5 Å². The monoisotopic (exact) mass is 562 g/mol. The predicted molar refractivity (Wildman–Crippen MR) is 147 cm³/mol. The number of hydrogen-bond donors (Lipinski definition) is 0. The molecule has 1 atom stereocenters. The normalized spacial score (nSPS) is 15.2. The number of furan rings is 1. The van der Waals surface area contributed by atoms with Crippen molar-refractivity contribution in [2.75, 3.05) is 13.7 Å². The highest BCUT2D eigenvalue weighted by Gasteiger charge is 2.34. The van der Waals surface area contributed by atoms with Gasteiger partial charge in [-0.1, -0.05) is 36.8 Å². The Bertz CT molecular complexity index is 1710. The highest BCUT2D eigenvalue weighted by atomic mass is 32.2. The predicted octanol–water partition coefficient (Wildman–Crippen LogP) is 4.12. The molecule has 39 heavy (non-hydrogen) atoms. The van der Waals surface area contributed by atoms with Crippen molar-refractivity contribution in [2.45, 2.75) is 43.0 Å². The van der Waals surface area contributed by atoms with Crippen LogP contribution in [0.25, 0.3) is 6.08 Å². The highest BCUT2D eigenvalue weighted by molar-refractivity contribution is 7.99. The molecule has 1 aromatic carbocycles. The van der Waals surface area contributed by atoms with Crippen LogP contribution in [0.15, 0.2) is 90.6 Å². The van der Waals surface area contributed by atoms with Gasteiger partial charge in [-0.3, -0.25) is 9.36 Å². The van der Waals surface area contributed by atoms with Gasteiger partial charge in [-0.2, -0.15) is 0 Å². The maximum Gasteiger partial charge on any atom is 0.338 e. The molecule has 3 aromatic heterocycles. The molecule has 200 valence electrons. The van der Waals surface area contributed by atoms with Crippen LogP contribution in [0.3, 0.4) is 0 Å². The third-order valence-corrected chi connectivity index (χ3v) is 7.71. The molecule has 0 saturated heterocycles. The molecule has 0 saturated carbocycles. The Balaban J connectivity index is 1.63. The van der Waals surface area contributed by atoms with E-state index in [4.69, 9.17) is 18.9 Å². The van der Waals surface area contributed by atoms with Crippen LogP contribution >= 0.6 is 23.1 Å². The molecule has 1 aliphatic rings. The minimum Gasteiger partial charge on any atom is -0.497 e. The summed E-state index contributed by atoms with van der Waals surface area (Å²) >= 11 is 2.54. The fourth-order valence-corrected chi connectivity index (χ4v) is 5.95. The van der Waals surface area contributed by atoms with Crippen LogP contribution in [-0.2, 0) is 9.53 Å². The fraction of sp³-hybridized carbons (Fsp3) is 0.250. The van der Waals surface area contributed by atoms with E-state index in [1.165, 1.54) is 23.1 Å². The molecule has 0 spiro atoms. The van der Waals surface area contributed by atoms with Crippen LogP contribution in [0, 0.1) is 0 Å².